The van der Waals surface area contributed by atoms with Crippen LogP contribution >= 0.6 is 0 Å². The molecule has 0 aliphatic heterocycles. The molecule has 0 aliphatic carbocycles. The molecule has 0 radical (unpaired) electrons. The maximum absolute atomic E-state index is 10.1. The molecule has 0 aromatic rings. The molecule has 2 N–H and O–H groups in total. The minimum Gasteiger partial charge on any atom is -0.392 e. The molecule has 0 atom stereocenters. The second kappa shape index (κ2) is 5.29. The first-order chi connectivity index (χ1) is 5.06. The highest BCUT2D eigenvalue weighted by molar-refractivity contribution is 7.85. The number of hydrogen-bond acceptors (Lipinski definition) is 3. The smallest absolute Gasteiger partial charge is 0.264 e. The Bertz CT molecular complexity index is 205. The minimum absolute atomic E-state index is 0.0358. The van der Waals surface area contributed by atoms with Crippen LogP contribution in [0.15, 0.2) is 12.2 Å². The highest BCUT2D eigenvalue weighted by Crippen LogP contribution is 1.94. The fourth-order valence-corrected chi connectivity index (χ4v) is 1.11. The van der Waals surface area contributed by atoms with Crippen molar-refractivity contribution in [2.24, 2.45) is 0 Å². The summed E-state index contributed by atoms with van der Waals surface area (Å²) in [6.45, 7) is -0.0358. The summed E-state index contributed by atoms with van der Waals surface area (Å²) in [4.78, 5) is 0. The summed E-state index contributed by atoms with van der Waals surface area (Å²) >= 11 is 0. The van der Waals surface area contributed by atoms with E-state index in [1.54, 1.807) is 6.08 Å². The van der Waals surface area contributed by atoms with Crippen molar-refractivity contribution >= 4 is 10.1 Å². The van der Waals surface area contributed by atoms with E-state index in [2.05, 4.69) is 0 Å². The van der Waals surface area contributed by atoms with Gasteiger partial charge in [0.05, 0.1) is 12.4 Å². The Labute approximate surface area is 66.3 Å². The third kappa shape index (κ3) is 9.61. The fraction of sp³-hybridized carbons (Fsp3) is 0.667. The molecular formula is C6H12O4S. The van der Waals surface area contributed by atoms with Gasteiger partial charge in [0.25, 0.3) is 10.1 Å². The SMILES string of the molecule is O=S(=O)(O)CCCC=CCO. The van der Waals surface area contributed by atoms with Crippen molar-refractivity contribution in [2.45, 2.75) is 12.8 Å². The van der Waals surface area contributed by atoms with Crippen LogP contribution < -0.4 is 0 Å². The lowest BCUT2D eigenvalue weighted by Crippen LogP contribution is -2.02. The molecule has 0 bridgehead atoms. The first-order valence-corrected chi connectivity index (χ1v) is 4.88. The third-order valence-corrected chi connectivity index (χ3v) is 1.85. The summed E-state index contributed by atoms with van der Waals surface area (Å²) in [7, 11) is -3.81. The van der Waals surface area contributed by atoms with Gasteiger partial charge in [-0.3, -0.25) is 4.55 Å². The standard InChI is InChI=1S/C6H12O4S/c7-5-3-1-2-4-6-11(8,9)10/h1,3,7H,2,4-6H2,(H,8,9,10). The Morgan fingerprint density at radius 2 is 1.91 bits per heavy atom. The lowest BCUT2D eigenvalue weighted by Gasteiger charge is -1.92. The predicted molar refractivity (Wildman–Crippen MR) is 41.9 cm³/mol. The van der Waals surface area contributed by atoms with Crippen LogP contribution in [0.5, 0.6) is 0 Å². The van der Waals surface area contributed by atoms with Crippen molar-refractivity contribution < 1.29 is 18.1 Å². The zero-order chi connectivity index (χ0) is 8.74. The Hall–Kier alpha value is -0.390. The topological polar surface area (TPSA) is 74.6 Å². The van der Waals surface area contributed by atoms with Gasteiger partial charge >= 0.3 is 0 Å². The van der Waals surface area contributed by atoms with E-state index in [1.807, 2.05) is 0 Å². The van der Waals surface area contributed by atoms with Crippen LogP contribution in [-0.4, -0.2) is 30.4 Å². The quantitative estimate of drug-likeness (QED) is 0.360. The van der Waals surface area contributed by atoms with Crippen molar-refractivity contribution in [3.63, 3.8) is 0 Å². The molecule has 0 fully saturated rings. The highest BCUT2D eigenvalue weighted by atomic mass is 32.2. The van der Waals surface area contributed by atoms with Crippen LogP contribution in [-0.2, 0) is 10.1 Å². The number of aliphatic hydroxyl groups is 1. The zero-order valence-corrected chi connectivity index (χ0v) is 6.92. The van der Waals surface area contributed by atoms with Gasteiger partial charge < -0.3 is 5.11 Å². The van der Waals surface area contributed by atoms with Crippen molar-refractivity contribution in [3.8, 4) is 0 Å². The van der Waals surface area contributed by atoms with Gasteiger partial charge in [0, 0.05) is 0 Å². The van der Waals surface area contributed by atoms with E-state index in [4.69, 9.17) is 9.66 Å². The van der Waals surface area contributed by atoms with E-state index < -0.39 is 10.1 Å². The van der Waals surface area contributed by atoms with Crippen LogP contribution in [0.2, 0.25) is 0 Å². The zero-order valence-electron chi connectivity index (χ0n) is 6.10. The number of allylic oxidation sites excluding steroid dienone is 1. The van der Waals surface area contributed by atoms with Crippen LogP contribution in [0.1, 0.15) is 12.8 Å². The second-order valence-electron chi connectivity index (χ2n) is 2.08. The second-order valence-corrected chi connectivity index (χ2v) is 3.65. The van der Waals surface area contributed by atoms with E-state index >= 15 is 0 Å². The number of unbranched alkanes of at least 4 members (excludes halogenated alkanes) is 1. The average molecular weight is 180 g/mol. The summed E-state index contributed by atoms with van der Waals surface area (Å²) in [5.41, 5.74) is 0. The fourth-order valence-electron chi connectivity index (χ4n) is 0.576. The number of rotatable bonds is 5. The summed E-state index contributed by atoms with van der Waals surface area (Å²) < 4.78 is 28.6. The predicted octanol–water partition coefficient (Wildman–Crippen LogP) is 0.203. The average Bonchev–Trinajstić information content (AvgIpc) is 1.85. The van der Waals surface area contributed by atoms with Crippen LogP contribution in [0.3, 0.4) is 0 Å². The molecule has 66 valence electrons. The molecule has 4 nitrogen and oxygen atoms in total. The van der Waals surface area contributed by atoms with E-state index in [9.17, 15) is 8.42 Å². The summed E-state index contributed by atoms with van der Waals surface area (Å²) in [5, 5.41) is 8.27. The van der Waals surface area contributed by atoms with Gasteiger partial charge in [0.15, 0.2) is 0 Å². The normalized spacial score (nSPS) is 12.5. The summed E-state index contributed by atoms with van der Waals surface area (Å²) in [6.07, 6.45) is 4.14. The summed E-state index contributed by atoms with van der Waals surface area (Å²) in [6, 6.07) is 0. The summed E-state index contributed by atoms with van der Waals surface area (Å²) in [5.74, 6) is -0.219. The first kappa shape index (κ1) is 10.6. The van der Waals surface area contributed by atoms with Crippen LogP contribution in [0.25, 0.3) is 0 Å². The van der Waals surface area contributed by atoms with Gasteiger partial charge in [-0.05, 0) is 12.8 Å². The minimum atomic E-state index is -3.81. The molecule has 0 aromatic carbocycles. The van der Waals surface area contributed by atoms with Gasteiger partial charge in [-0.15, -0.1) is 0 Å². The molecular weight excluding hydrogens is 168 g/mol. The molecule has 0 saturated heterocycles. The van der Waals surface area contributed by atoms with Crippen molar-refractivity contribution in [1.29, 1.82) is 0 Å². The molecule has 0 heterocycles. The van der Waals surface area contributed by atoms with Crippen LogP contribution in [0.4, 0.5) is 0 Å². The van der Waals surface area contributed by atoms with Gasteiger partial charge in [-0.1, -0.05) is 12.2 Å². The number of hydrogen-bond donors (Lipinski definition) is 2. The molecule has 0 saturated carbocycles. The Morgan fingerprint density at radius 3 is 2.36 bits per heavy atom. The molecule has 5 heteroatoms. The molecule has 0 aromatic heterocycles. The van der Waals surface area contributed by atoms with Crippen molar-refractivity contribution in [2.75, 3.05) is 12.4 Å². The van der Waals surface area contributed by atoms with Crippen molar-refractivity contribution in [3.05, 3.63) is 12.2 Å². The highest BCUT2D eigenvalue weighted by Gasteiger charge is 2.01. The van der Waals surface area contributed by atoms with E-state index in [0.717, 1.165) is 0 Å². The Morgan fingerprint density at radius 1 is 1.27 bits per heavy atom. The first-order valence-electron chi connectivity index (χ1n) is 3.27. The van der Waals surface area contributed by atoms with Gasteiger partial charge in [0.2, 0.25) is 0 Å². The molecule has 0 spiro atoms. The Kier molecular flexibility index (Phi) is 5.10. The van der Waals surface area contributed by atoms with Crippen LogP contribution in [0, 0.1) is 0 Å². The van der Waals surface area contributed by atoms with Crippen molar-refractivity contribution in [1.82, 2.24) is 0 Å². The van der Waals surface area contributed by atoms with Gasteiger partial charge in [-0.25, -0.2) is 0 Å². The van der Waals surface area contributed by atoms with E-state index in [0.29, 0.717) is 12.8 Å². The number of aliphatic hydroxyl groups excluding tert-OH is 1. The lowest BCUT2D eigenvalue weighted by molar-refractivity contribution is 0.342. The van der Waals surface area contributed by atoms with Gasteiger partial charge in [-0.2, -0.15) is 8.42 Å². The molecule has 0 unspecified atom stereocenters. The maximum Gasteiger partial charge on any atom is 0.264 e. The van der Waals surface area contributed by atoms with E-state index in [1.165, 1.54) is 6.08 Å². The maximum atomic E-state index is 10.1. The largest absolute Gasteiger partial charge is 0.392 e. The molecule has 0 aliphatic rings. The molecule has 0 rings (SSSR count). The third-order valence-electron chi connectivity index (χ3n) is 1.05. The monoisotopic (exact) mass is 180 g/mol. The van der Waals surface area contributed by atoms with E-state index in [-0.39, 0.29) is 12.4 Å². The Balaban J connectivity index is 3.36. The lowest BCUT2D eigenvalue weighted by atomic mass is 10.3. The molecule has 11 heavy (non-hydrogen) atoms. The van der Waals surface area contributed by atoms with Gasteiger partial charge in [0.1, 0.15) is 0 Å². The molecule has 0 amide bonds.